The summed E-state index contributed by atoms with van der Waals surface area (Å²) in [5, 5.41) is 10.9. The van der Waals surface area contributed by atoms with Crippen LogP contribution in [0.1, 0.15) is 52.4 Å². The number of nitrogens with one attached hydrogen (secondary N) is 1. The number of rotatable bonds is 9. The fraction of sp³-hybridized carbons (Fsp3) is 0.290. The second-order valence-electron chi connectivity index (χ2n) is 10.1. The largest absolute Gasteiger partial charge is 0.391 e. The van der Waals surface area contributed by atoms with Crippen molar-refractivity contribution < 1.29 is 13.5 Å². The smallest absolute Gasteiger partial charge is 0.241 e. The van der Waals surface area contributed by atoms with E-state index in [-0.39, 0.29) is 4.90 Å². The van der Waals surface area contributed by atoms with Gasteiger partial charge in [-0.1, -0.05) is 37.3 Å². The van der Waals surface area contributed by atoms with Gasteiger partial charge in [-0.15, -0.1) is 0 Å². The van der Waals surface area contributed by atoms with Gasteiger partial charge in [0.2, 0.25) is 10.0 Å². The molecule has 39 heavy (non-hydrogen) atoms. The van der Waals surface area contributed by atoms with Crippen LogP contribution in [0.5, 0.6) is 0 Å². The van der Waals surface area contributed by atoms with Crippen molar-refractivity contribution in [2.45, 2.75) is 63.7 Å². The van der Waals surface area contributed by atoms with Crippen molar-refractivity contribution >= 4 is 15.7 Å². The van der Waals surface area contributed by atoms with Crippen LogP contribution < -0.4 is 9.62 Å². The third-order valence-electron chi connectivity index (χ3n) is 7.17. The number of aliphatic hydroxyl groups is 1. The molecule has 2 atom stereocenters. The van der Waals surface area contributed by atoms with E-state index < -0.39 is 22.2 Å². The maximum Gasteiger partial charge on any atom is 0.241 e. The third kappa shape index (κ3) is 6.19. The molecule has 202 valence electrons. The standard InChI is InChI=1S/C31H34N4O3S/c1-4-23-11-15-28(16-12-23)39(37,38)34-31-29-18-27(14-13-24(29)17-30(31)36)35(19-25-9-5-7-21(2)32-25)20-26-10-6-8-22(3)33-26/h5-16,18,30-31,34,36H,4,17,19-20H2,1-3H3/t30-,31-/m1/s1. The molecular formula is C31H34N4O3S. The van der Waals surface area contributed by atoms with E-state index in [4.69, 9.17) is 9.97 Å². The number of aryl methyl sites for hydroxylation is 3. The van der Waals surface area contributed by atoms with Crippen LogP contribution in [0.15, 0.2) is 83.8 Å². The van der Waals surface area contributed by atoms with Gasteiger partial charge in [0.15, 0.2) is 0 Å². The average Bonchev–Trinajstić information content (AvgIpc) is 3.22. The lowest BCUT2D eigenvalue weighted by Crippen LogP contribution is -2.34. The van der Waals surface area contributed by atoms with Gasteiger partial charge in [0.05, 0.1) is 41.5 Å². The first-order valence-corrected chi connectivity index (χ1v) is 14.7. The summed E-state index contributed by atoms with van der Waals surface area (Å²) in [5.74, 6) is 0. The lowest BCUT2D eigenvalue weighted by atomic mass is 10.1. The monoisotopic (exact) mass is 542 g/mol. The lowest BCUT2D eigenvalue weighted by Gasteiger charge is -2.26. The van der Waals surface area contributed by atoms with Gasteiger partial charge in [-0.3, -0.25) is 9.97 Å². The Kier molecular flexibility index (Phi) is 7.79. The van der Waals surface area contributed by atoms with Gasteiger partial charge in [0, 0.05) is 23.5 Å². The van der Waals surface area contributed by atoms with Gasteiger partial charge in [-0.25, -0.2) is 13.1 Å². The molecule has 0 aliphatic heterocycles. The van der Waals surface area contributed by atoms with Crippen molar-refractivity contribution in [3.05, 3.63) is 118 Å². The van der Waals surface area contributed by atoms with E-state index in [2.05, 4.69) is 9.62 Å². The third-order valence-corrected chi connectivity index (χ3v) is 8.62. The summed E-state index contributed by atoms with van der Waals surface area (Å²) >= 11 is 0. The number of sulfonamides is 1. The summed E-state index contributed by atoms with van der Waals surface area (Å²) in [7, 11) is -3.83. The van der Waals surface area contributed by atoms with Crippen molar-refractivity contribution in [3.8, 4) is 0 Å². The average molecular weight is 543 g/mol. The molecule has 0 saturated heterocycles. The highest BCUT2D eigenvalue weighted by Crippen LogP contribution is 2.36. The zero-order valence-corrected chi connectivity index (χ0v) is 23.3. The Morgan fingerprint density at radius 3 is 2.08 bits per heavy atom. The van der Waals surface area contributed by atoms with Crippen LogP contribution in [0.3, 0.4) is 0 Å². The van der Waals surface area contributed by atoms with E-state index >= 15 is 0 Å². The molecule has 0 saturated carbocycles. The number of aliphatic hydroxyl groups excluding tert-OH is 1. The molecule has 2 aromatic carbocycles. The Labute approximate surface area is 230 Å². The summed E-state index contributed by atoms with van der Waals surface area (Å²) < 4.78 is 29.3. The van der Waals surface area contributed by atoms with Gasteiger partial charge >= 0.3 is 0 Å². The Hall–Kier alpha value is -3.59. The molecular weight excluding hydrogens is 508 g/mol. The van der Waals surface area contributed by atoms with E-state index in [0.717, 1.165) is 51.6 Å². The first-order chi connectivity index (χ1) is 18.7. The second kappa shape index (κ2) is 11.3. The maximum atomic E-state index is 13.3. The van der Waals surface area contributed by atoms with E-state index in [1.54, 1.807) is 12.1 Å². The number of fused-ring (bicyclic) bond motifs is 1. The Balaban J connectivity index is 1.47. The number of nitrogens with zero attached hydrogens (tertiary/aromatic N) is 3. The van der Waals surface area contributed by atoms with Crippen LogP contribution in [0, 0.1) is 13.8 Å². The summed E-state index contributed by atoms with van der Waals surface area (Å²) in [6, 6.07) is 24.1. The lowest BCUT2D eigenvalue weighted by molar-refractivity contribution is 0.151. The molecule has 0 unspecified atom stereocenters. The highest BCUT2D eigenvalue weighted by atomic mass is 32.2. The number of aromatic nitrogens is 2. The van der Waals surface area contributed by atoms with E-state index in [0.29, 0.717) is 19.5 Å². The van der Waals surface area contributed by atoms with Crippen molar-refractivity contribution in [1.82, 2.24) is 14.7 Å². The normalized spacial score (nSPS) is 16.7. The van der Waals surface area contributed by atoms with Crippen molar-refractivity contribution in [1.29, 1.82) is 0 Å². The predicted octanol–water partition coefficient (Wildman–Crippen LogP) is 4.80. The number of anilines is 1. The zero-order chi connectivity index (χ0) is 27.6. The molecule has 2 aromatic heterocycles. The van der Waals surface area contributed by atoms with E-state index in [1.807, 2.05) is 87.5 Å². The quantitative estimate of drug-likeness (QED) is 0.316. The minimum atomic E-state index is -3.83. The molecule has 1 aliphatic rings. The van der Waals surface area contributed by atoms with E-state index in [9.17, 15) is 13.5 Å². The number of hydrogen-bond donors (Lipinski definition) is 2. The maximum absolute atomic E-state index is 13.3. The van der Waals surface area contributed by atoms with Crippen LogP contribution in [0.4, 0.5) is 5.69 Å². The molecule has 4 aromatic rings. The van der Waals surface area contributed by atoms with Crippen molar-refractivity contribution in [2.75, 3.05) is 4.90 Å². The SMILES string of the molecule is CCc1ccc(S(=O)(=O)N[C@@H]2c3cc(N(Cc4cccc(C)n4)Cc4cccc(C)n4)ccc3C[C@H]2O)cc1. The Morgan fingerprint density at radius 2 is 1.51 bits per heavy atom. The van der Waals surface area contributed by atoms with Gasteiger partial charge < -0.3 is 10.0 Å². The molecule has 0 spiro atoms. The minimum Gasteiger partial charge on any atom is -0.391 e. The summed E-state index contributed by atoms with van der Waals surface area (Å²) in [6.07, 6.45) is 0.360. The molecule has 2 N–H and O–H groups in total. The molecule has 0 radical (unpaired) electrons. The van der Waals surface area contributed by atoms with Crippen LogP contribution in [-0.2, 0) is 36.0 Å². The fourth-order valence-corrected chi connectivity index (χ4v) is 6.34. The minimum absolute atomic E-state index is 0.189. The summed E-state index contributed by atoms with van der Waals surface area (Å²) in [6.45, 7) is 7.08. The molecule has 0 amide bonds. The Morgan fingerprint density at radius 1 is 0.897 bits per heavy atom. The highest BCUT2D eigenvalue weighted by Gasteiger charge is 2.35. The molecule has 1 aliphatic carbocycles. The van der Waals surface area contributed by atoms with Gasteiger partial charge in [0.1, 0.15) is 0 Å². The Bertz CT molecular complexity index is 1520. The summed E-state index contributed by atoms with van der Waals surface area (Å²) in [4.78, 5) is 11.8. The second-order valence-corrected chi connectivity index (χ2v) is 11.9. The van der Waals surface area contributed by atoms with Crippen LogP contribution in [-0.4, -0.2) is 29.6 Å². The molecule has 0 bridgehead atoms. The molecule has 7 nitrogen and oxygen atoms in total. The van der Waals surface area contributed by atoms with Gasteiger partial charge in [-0.05, 0) is 85.5 Å². The number of hydrogen-bond acceptors (Lipinski definition) is 6. The molecule has 2 heterocycles. The molecule has 0 fully saturated rings. The van der Waals surface area contributed by atoms with Gasteiger partial charge in [0.25, 0.3) is 0 Å². The van der Waals surface area contributed by atoms with Crippen molar-refractivity contribution in [2.24, 2.45) is 0 Å². The summed E-state index contributed by atoms with van der Waals surface area (Å²) in [5.41, 5.74) is 7.43. The first kappa shape index (κ1) is 27.0. The molecule has 8 heteroatoms. The van der Waals surface area contributed by atoms with Crippen LogP contribution >= 0.6 is 0 Å². The van der Waals surface area contributed by atoms with E-state index in [1.165, 1.54) is 0 Å². The fourth-order valence-electron chi connectivity index (χ4n) is 5.09. The van der Waals surface area contributed by atoms with Crippen LogP contribution in [0.25, 0.3) is 0 Å². The number of pyridine rings is 2. The van der Waals surface area contributed by atoms with Crippen molar-refractivity contribution in [3.63, 3.8) is 0 Å². The van der Waals surface area contributed by atoms with Gasteiger partial charge in [-0.2, -0.15) is 0 Å². The number of benzene rings is 2. The topological polar surface area (TPSA) is 95.4 Å². The zero-order valence-electron chi connectivity index (χ0n) is 22.5. The highest BCUT2D eigenvalue weighted by molar-refractivity contribution is 7.89. The molecule has 5 rings (SSSR count). The first-order valence-electron chi connectivity index (χ1n) is 13.2. The van der Waals surface area contributed by atoms with Crippen LogP contribution in [0.2, 0.25) is 0 Å². The predicted molar refractivity (Wildman–Crippen MR) is 153 cm³/mol.